The molecule has 0 aromatic carbocycles. The van der Waals surface area contributed by atoms with Gasteiger partial charge >= 0.3 is 0 Å². The van der Waals surface area contributed by atoms with Crippen LogP contribution in [0.25, 0.3) is 0 Å². The van der Waals surface area contributed by atoms with E-state index in [0.29, 0.717) is 11.5 Å². The molecule has 1 fully saturated rings. The molecule has 0 aromatic heterocycles. The highest BCUT2D eigenvalue weighted by molar-refractivity contribution is 4.88. The average Bonchev–Trinajstić information content (AvgIpc) is 2.09. The maximum absolute atomic E-state index is 5.84. The van der Waals surface area contributed by atoms with Crippen LogP contribution in [0.2, 0.25) is 0 Å². The minimum absolute atomic E-state index is 0.342. The van der Waals surface area contributed by atoms with E-state index >= 15 is 0 Å². The Labute approximate surface area is 82.3 Å². The van der Waals surface area contributed by atoms with E-state index < -0.39 is 0 Å². The Morgan fingerprint density at radius 1 is 1.38 bits per heavy atom. The number of nitrogens with two attached hydrogens (primary N) is 1. The molecule has 1 aliphatic rings. The van der Waals surface area contributed by atoms with E-state index in [0.717, 1.165) is 13.0 Å². The summed E-state index contributed by atoms with van der Waals surface area (Å²) in [4.78, 5) is 0. The van der Waals surface area contributed by atoms with Crippen LogP contribution in [0.4, 0.5) is 0 Å². The third kappa shape index (κ3) is 2.96. The first-order chi connectivity index (χ1) is 6.22. The van der Waals surface area contributed by atoms with Crippen LogP contribution in [0.1, 0.15) is 46.0 Å². The zero-order valence-corrected chi connectivity index (χ0v) is 9.10. The van der Waals surface area contributed by atoms with E-state index in [1.807, 2.05) is 0 Å². The smallest absolute Gasteiger partial charge is 0.0162 e. The second-order valence-electron chi connectivity index (χ2n) is 4.51. The Kier molecular flexibility index (Phi) is 4.20. The molecule has 0 radical (unpaired) electrons. The Hall–Kier alpha value is -0.0800. The van der Waals surface area contributed by atoms with E-state index in [-0.39, 0.29) is 0 Å². The number of rotatable bonds is 6. The van der Waals surface area contributed by atoms with Crippen LogP contribution in [-0.4, -0.2) is 19.1 Å². The predicted molar refractivity (Wildman–Crippen MR) is 57.7 cm³/mol. The van der Waals surface area contributed by atoms with Crippen LogP contribution in [0, 0.1) is 5.41 Å². The zero-order chi connectivity index (χ0) is 9.73. The molecule has 0 aliphatic heterocycles. The fourth-order valence-corrected chi connectivity index (χ4v) is 2.00. The molecule has 1 saturated carbocycles. The van der Waals surface area contributed by atoms with Gasteiger partial charge in [-0.05, 0) is 31.1 Å². The van der Waals surface area contributed by atoms with Crippen molar-refractivity contribution >= 4 is 0 Å². The SMILES string of the molecule is CCC(N)CNCC1(CC)CCC1. The van der Waals surface area contributed by atoms with Gasteiger partial charge in [-0.3, -0.25) is 0 Å². The molecule has 0 bridgehead atoms. The van der Waals surface area contributed by atoms with Crippen LogP contribution < -0.4 is 11.1 Å². The molecule has 1 atom stereocenters. The Morgan fingerprint density at radius 3 is 2.46 bits per heavy atom. The standard InChI is InChI=1S/C11H24N2/c1-3-10(12)8-13-9-11(4-2)6-5-7-11/h10,13H,3-9,12H2,1-2H3. The molecule has 0 amide bonds. The van der Waals surface area contributed by atoms with Gasteiger partial charge in [0.2, 0.25) is 0 Å². The summed E-state index contributed by atoms with van der Waals surface area (Å²) < 4.78 is 0. The van der Waals surface area contributed by atoms with Crippen molar-refractivity contribution in [3.8, 4) is 0 Å². The van der Waals surface area contributed by atoms with Gasteiger partial charge in [0, 0.05) is 19.1 Å². The predicted octanol–water partition coefficient (Wildman–Crippen LogP) is 1.89. The summed E-state index contributed by atoms with van der Waals surface area (Å²) in [5, 5.41) is 3.50. The lowest BCUT2D eigenvalue weighted by molar-refractivity contribution is 0.123. The molecule has 3 N–H and O–H groups in total. The quantitative estimate of drug-likeness (QED) is 0.661. The summed E-state index contributed by atoms with van der Waals surface area (Å²) in [5.74, 6) is 0. The minimum atomic E-state index is 0.342. The second-order valence-corrected chi connectivity index (χ2v) is 4.51. The fourth-order valence-electron chi connectivity index (χ4n) is 2.00. The van der Waals surface area contributed by atoms with Gasteiger partial charge in [0.25, 0.3) is 0 Å². The van der Waals surface area contributed by atoms with Crippen molar-refractivity contribution in [1.82, 2.24) is 5.32 Å². The van der Waals surface area contributed by atoms with Gasteiger partial charge in [0.05, 0.1) is 0 Å². The first-order valence-corrected chi connectivity index (χ1v) is 5.69. The monoisotopic (exact) mass is 184 g/mol. The molecule has 78 valence electrons. The minimum Gasteiger partial charge on any atom is -0.327 e. The molecule has 2 nitrogen and oxygen atoms in total. The van der Waals surface area contributed by atoms with Crippen LogP contribution in [0.15, 0.2) is 0 Å². The first-order valence-electron chi connectivity index (χ1n) is 5.69. The molecular formula is C11H24N2. The summed E-state index contributed by atoms with van der Waals surface area (Å²) in [6, 6.07) is 0.342. The van der Waals surface area contributed by atoms with Crippen molar-refractivity contribution in [2.24, 2.45) is 11.1 Å². The largest absolute Gasteiger partial charge is 0.327 e. The van der Waals surface area contributed by atoms with E-state index in [2.05, 4.69) is 19.2 Å². The highest BCUT2D eigenvalue weighted by atomic mass is 14.9. The molecule has 0 saturated heterocycles. The molecule has 2 heteroatoms. The number of hydrogen-bond donors (Lipinski definition) is 2. The van der Waals surface area contributed by atoms with Crippen molar-refractivity contribution in [2.45, 2.75) is 52.0 Å². The molecule has 0 heterocycles. The van der Waals surface area contributed by atoms with Gasteiger partial charge in [-0.25, -0.2) is 0 Å². The molecule has 1 aliphatic carbocycles. The fraction of sp³-hybridized carbons (Fsp3) is 1.00. The highest BCUT2D eigenvalue weighted by Gasteiger charge is 2.34. The maximum Gasteiger partial charge on any atom is 0.0162 e. The summed E-state index contributed by atoms with van der Waals surface area (Å²) in [5.41, 5.74) is 6.47. The van der Waals surface area contributed by atoms with Crippen molar-refractivity contribution in [3.05, 3.63) is 0 Å². The summed E-state index contributed by atoms with van der Waals surface area (Å²) in [6.45, 7) is 6.61. The summed E-state index contributed by atoms with van der Waals surface area (Å²) >= 11 is 0. The Balaban J connectivity index is 2.10. The van der Waals surface area contributed by atoms with E-state index in [1.54, 1.807) is 0 Å². The summed E-state index contributed by atoms with van der Waals surface area (Å²) in [7, 11) is 0. The van der Waals surface area contributed by atoms with Crippen LogP contribution >= 0.6 is 0 Å². The molecule has 13 heavy (non-hydrogen) atoms. The van der Waals surface area contributed by atoms with E-state index in [1.165, 1.54) is 32.2 Å². The highest BCUT2D eigenvalue weighted by Crippen LogP contribution is 2.42. The molecule has 1 unspecified atom stereocenters. The van der Waals surface area contributed by atoms with Gasteiger partial charge < -0.3 is 11.1 Å². The maximum atomic E-state index is 5.84. The van der Waals surface area contributed by atoms with Gasteiger partial charge in [-0.1, -0.05) is 20.3 Å². The Morgan fingerprint density at radius 2 is 2.08 bits per heavy atom. The van der Waals surface area contributed by atoms with Crippen molar-refractivity contribution in [2.75, 3.05) is 13.1 Å². The van der Waals surface area contributed by atoms with E-state index in [4.69, 9.17) is 5.73 Å². The summed E-state index contributed by atoms with van der Waals surface area (Å²) in [6.07, 6.45) is 6.65. The van der Waals surface area contributed by atoms with E-state index in [9.17, 15) is 0 Å². The lowest BCUT2D eigenvalue weighted by atomic mass is 9.67. The molecule has 0 spiro atoms. The third-order valence-corrected chi connectivity index (χ3v) is 3.60. The van der Waals surface area contributed by atoms with Gasteiger partial charge in [0.15, 0.2) is 0 Å². The van der Waals surface area contributed by atoms with Crippen LogP contribution in [0.5, 0.6) is 0 Å². The van der Waals surface area contributed by atoms with Crippen molar-refractivity contribution < 1.29 is 0 Å². The Bertz CT molecular complexity index is 136. The van der Waals surface area contributed by atoms with Gasteiger partial charge in [-0.2, -0.15) is 0 Å². The van der Waals surface area contributed by atoms with Crippen molar-refractivity contribution in [1.29, 1.82) is 0 Å². The number of hydrogen-bond acceptors (Lipinski definition) is 2. The molecule has 0 aromatic rings. The number of nitrogens with one attached hydrogen (secondary N) is 1. The lowest BCUT2D eigenvalue weighted by Crippen LogP contribution is -2.43. The molecule has 1 rings (SSSR count). The zero-order valence-electron chi connectivity index (χ0n) is 9.10. The van der Waals surface area contributed by atoms with Crippen LogP contribution in [0.3, 0.4) is 0 Å². The normalized spacial score (nSPS) is 22.4. The van der Waals surface area contributed by atoms with Crippen molar-refractivity contribution in [3.63, 3.8) is 0 Å². The second kappa shape index (κ2) is 4.97. The topological polar surface area (TPSA) is 38.0 Å². The van der Waals surface area contributed by atoms with Gasteiger partial charge in [0.1, 0.15) is 0 Å². The lowest BCUT2D eigenvalue weighted by Gasteiger charge is -2.41. The average molecular weight is 184 g/mol. The molecular weight excluding hydrogens is 160 g/mol. The van der Waals surface area contributed by atoms with Crippen LogP contribution in [-0.2, 0) is 0 Å². The first kappa shape index (κ1) is 11.0. The van der Waals surface area contributed by atoms with Gasteiger partial charge in [-0.15, -0.1) is 0 Å². The third-order valence-electron chi connectivity index (χ3n) is 3.60.